The Kier molecular flexibility index (Phi) is 4.93. The quantitative estimate of drug-likeness (QED) is 0.669. The van der Waals surface area contributed by atoms with Crippen molar-refractivity contribution in [3.8, 4) is 10.6 Å². The fourth-order valence-corrected chi connectivity index (χ4v) is 4.97. The number of nitrogens with one attached hydrogen (secondary N) is 1. The van der Waals surface area contributed by atoms with Crippen LogP contribution in [0.4, 0.5) is 17.5 Å². The van der Waals surface area contributed by atoms with Crippen LogP contribution < -0.4 is 20.0 Å². The van der Waals surface area contributed by atoms with Gasteiger partial charge in [0, 0.05) is 50.2 Å². The number of rotatable bonds is 4. The first-order chi connectivity index (χ1) is 15.0. The zero-order valence-corrected chi connectivity index (χ0v) is 18.2. The maximum Gasteiger partial charge on any atom is 0.325 e. The summed E-state index contributed by atoms with van der Waals surface area (Å²) in [5, 5.41) is 8.08. The molecular formula is C21H23N7O2S. The van der Waals surface area contributed by atoms with E-state index in [9.17, 15) is 9.59 Å². The van der Waals surface area contributed by atoms with Crippen molar-refractivity contribution in [2.24, 2.45) is 7.05 Å². The molecule has 3 aromatic rings. The SMILES string of the molecule is CCNc1ncc2c(n1)N1CCCC1CN(c1cccc(-c3nn(C)c(=O)s3)c1)C2=O. The molecule has 5 rings (SSSR count). The van der Waals surface area contributed by atoms with Gasteiger partial charge in [-0.15, -0.1) is 0 Å². The molecule has 0 bridgehead atoms. The number of carbonyl (C=O) groups is 1. The van der Waals surface area contributed by atoms with Gasteiger partial charge >= 0.3 is 4.87 Å². The Morgan fingerprint density at radius 1 is 1.29 bits per heavy atom. The summed E-state index contributed by atoms with van der Waals surface area (Å²) in [6.45, 7) is 4.16. The van der Waals surface area contributed by atoms with Gasteiger partial charge in [-0.2, -0.15) is 10.1 Å². The number of hydrogen-bond acceptors (Lipinski definition) is 8. The molecule has 0 aliphatic carbocycles. The predicted octanol–water partition coefficient (Wildman–Crippen LogP) is 2.36. The lowest BCUT2D eigenvalue weighted by atomic mass is 10.1. The van der Waals surface area contributed by atoms with Gasteiger partial charge in [0.1, 0.15) is 16.4 Å². The minimum Gasteiger partial charge on any atom is -0.354 e. The molecule has 160 valence electrons. The molecule has 1 saturated heterocycles. The molecule has 1 aromatic carbocycles. The number of anilines is 3. The Morgan fingerprint density at radius 3 is 2.94 bits per heavy atom. The molecule has 9 nitrogen and oxygen atoms in total. The Balaban J connectivity index is 1.56. The van der Waals surface area contributed by atoms with Crippen LogP contribution in [-0.2, 0) is 7.05 Å². The maximum atomic E-state index is 13.6. The van der Waals surface area contributed by atoms with Crippen molar-refractivity contribution in [1.82, 2.24) is 19.7 Å². The van der Waals surface area contributed by atoms with E-state index in [-0.39, 0.29) is 16.8 Å². The van der Waals surface area contributed by atoms with Gasteiger partial charge in [-0.05, 0) is 31.9 Å². The minimum atomic E-state index is -0.115. The van der Waals surface area contributed by atoms with E-state index in [0.717, 1.165) is 42.0 Å². The third kappa shape index (κ3) is 3.46. The number of aryl methyl sites for hydroxylation is 1. The molecule has 0 radical (unpaired) electrons. The van der Waals surface area contributed by atoms with Gasteiger partial charge in [0.2, 0.25) is 5.95 Å². The minimum absolute atomic E-state index is 0.112. The Morgan fingerprint density at radius 2 is 2.16 bits per heavy atom. The molecule has 2 aromatic heterocycles. The first kappa shape index (κ1) is 19.7. The average Bonchev–Trinajstić information content (AvgIpc) is 3.35. The van der Waals surface area contributed by atoms with E-state index in [4.69, 9.17) is 0 Å². The summed E-state index contributed by atoms with van der Waals surface area (Å²) in [5.74, 6) is 1.14. The van der Waals surface area contributed by atoms with Gasteiger partial charge in [-0.25, -0.2) is 9.67 Å². The molecular weight excluding hydrogens is 414 g/mol. The summed E-state index contributed by atoms with van der Waals surface area (Å²) in [7, 11) is 1.64. The lowest BCUT2D eigenvalue weighted by Crippen LogP contribution is -2.39. The summed E-state index contributed by atoms with van der Waals surface area (Å²) in [4.78, 5) is 38.4. The highest BCUT2D eigenvalue weighted by Gasteiger charge is 2.37. The number of fused-ring (bicyclic) bond motifs is 3. The summed E-state index contributed by atoms with van der Waals surface area (Å²) in [6.07, 6.45) is 3.70. The molecule has 0 saturated carbocycles. The zero-order chi connectivity index (χ0) is 21.5. The number of carbonyl (C=O) groups excluding carboxylic acids is 1. The van der Waals surface area contributed by atoms with Crippen molar-refractivity contribution in [1.29, 1.82) is 0 Å². The summed E-state index contributed by atoms with van der Waals surface area (Å²) >= 11 is 1.10. The molecule has 1 amide bonds. The van der Waals surface area contributed by atoms with Gasteiger partial charge in [-0.3, -0.25) is 9.59 Å². The van der Waals surface area contributed by atoms with E-state index >= 15 is 0 Å². The summed E-state index contributed by atoms with van der Waals surface area (Å²) in [6, 6.07) is 7.85. The molecule has 1 atom stereocenters. The van der Waals surface area contributed by atoms with E-state index in [1.807, 2.05) is 31.2 Å². The number of benzene rings is 1. The first-order valence-corrected chi connectivity index (χ1v) is 11.2. The van der Waals surface area contributed by atoms with Crippen molar-refractivity contribution in [2.45, 2.75) is 25.8 Å². The van der Waals surface area contributed by atoms with Gasteiger partial charge in [0.15, 0.2) is 0 Å². The molecule has 0 spiro atoms. The van der Waals surface area contributed by atoms with Gasteiger partial charge in [0.25, 0.3) is 5.91 Å². The molecule has 2 aliphatic rings. The lowest BCUT2D eigenvalue weighted by molar-refractivity contribution is 0.0988. The highest BCUT2D eigenvalue weighted by atomic mass is 32.1. The van der Waals surface area contributed by atoms with E-state index in [2.05, 4.69) is 25.3 Å². The molecule has 4 heterocycles. The number of hydrogen-bond donors (Lipinski definition) is 1. The van der Waals surface area contributed by atoms with E-state index in [1.165, 1.54) is 4.68 Å². The van der Waals surface area contributed by atoms with Crippen LogP contribution in [0.15, 0.2) is 35.3 Å². The van der Waals surface area contributed by atoms with Crippen LogP contribution in [0.25, 0.3) is 10.6 Å². The van der Waals surface area contributed by atoms with Crippen LogP contribution in [0, 0.1) is 0 Å². The molecule has 1 N–H and O–H groups in total. The van der Waals surface area contributed by atoms with Crippen LogP contribution in [0.1, 0.15) is 30.1 Å². The second kappa shape index (κ2) is 7.77. The first-order valence-electron chi connectivity index (χ1n) is 10.4. The lowest BCUT2D eigenvalue weighted by Gasteiger charge is -2.27. The Labute approximate surface area is 183 Å². The molecule has 10 heteroatoms. The maximum absolute atomic E-state index is 13.6. The van der Waals surface area contributed by atoms with E-state index < -0.39 is 0 Å². The normalized spacial score (nSPS) is 18.0. The van der Waals surface area contributed by atoms with Gasteiger partial charge in [-0.1, -0.05) is 23.5 Å². The fourth-order valence-electron chi connectivity index (χ4n) is 4.22. The summed E-state index contributed by atoms with van der Waals surface area (Å²) in [5.41, 5.74) is 2.11. The van der Waals surface area contributed by atoms with Crippen LogP contribution in [0.3, 0.4) is 0 Å². The predicted molar refractivity (Wildman–Crippen MR) is 121 cm³/mol. The molecule has 2 aliphatic heterocycles. The van der Waals surface area contributed by atoms with Crippen molar-refractivity contribution >= 4 is 34.7 Å². The third-order valence-corrected chi connectivity index (χ3v) is 6.66. The van der Waals surface area contributed by atoms with Crippen LogP contribution >= 0.6 is 11.3 Å². The number of aromatic nitrogens is 4. The molecule has 31 heavy (non-hydrogen) atoms. The fraction of sp³-hybridized carbons (Fsp3) is 0.381. The topological polar surface area (TPSA) is 96.2 Å². The number of amides is 1. The van der Waals surface area contributed by atoms with Crippen LogP contribution in [-0.4, -0.2) is 51.3 Å². The number of nitrogens with zero attached hydrogens (tertiary/aromatic N) is 6. The smallest absolute Gasteiger partial charge is 0.325 e. The third-order valence-electron chi connectivity index (χ3n) is 5.72. The highest BCUT2D eigenvalue weighted by Crippen LogP contribution is 2.35. The van der Waals surface area contributed by atoms with Gasteiger partial charge < -0.3 is 15.1 Å². The van der Waals surface area contributed by atoms with Crippen LogP contribution in [0.2, 0.25) is 0 Å². The van der Waals surface area contributed by atoms with Crippen molar-refractivity contribution in [2.75, 3.05) is 34.8 Å². The highest BCUT2D eigenvalue weighted by molar-refractivity contribution is 7.12. The second-order valence-electron chi connectivity index (χ2n) is 7.71. The Hall–Kier alpha value is -3.27. The zero-order valence-electron chi connectivity index (χ0n) is 17.4. The molecule has 1 fully saturated rings. The van der Waals surface area contributed by atoms with E-state index in [1.54, 1.807) is 18.1 Å². The van der Waals surface area contributed by atoms with Gasteiger partial charge in [0.05, 0.1) is 0 Å². The van der Waals surface area contributed by atoms with Crippen LogP contribution in [0.5, 0.6) is 0 Å². The summed E-state index contributed by atoms with van der Waals surface area (Å²) < 4.78 is 1.33. The van der Waals surface area contributed by atoms with Crippen molar-refractivity contribution in [3.05, 3.63) is 45.7 Å². The van der Waals surface area contributed by atoms with E-state index in [0.29, 0.717) is 35.4 Å². The largest absolute Gasteiger partial charge is 0.354 e. The second-order valence-corrected chi connectivity index (χ2v) is 8.65. The monoisotopic (exact) mass is 437 g/mol. The van der Waals surface area contributed by atoms with Crippen molar-refractivity contribution in [3.63, 3.8) is 0 Å². The average molecular weight is 438 g/mol. The standard InChI is InChI=1S/C21H23N7O2S/c1-3-22-20-23-11-16-17(24-20)27-9-5-8-15(27)12-28(19(16)29)14-7-4-6-13(10-14)18-25-26(2)21(30)31-18/h4,6-7,10-11,15H,3,5,8-9,12H2,1-2H3,(H,22,23,24). The van der Waals surface area contributed by atoms with Crippen molar-refractivity contribution < 1.29 is 4.79 Å². The molecule has 1 unspecified atom stereocenters. The Bertz CT molecular complexity index is 1200.